The van der Waals surface area contributed by atoms with E-state index in [1.54, 1.807) is 12.1 Å². The van der Waals surface area contributed by atoms with Crippen LogP contribution in [-0.2, 0) is 6.54 Å². The number of carbonyl (C=O) groups is 2. The van der Waals surface area contributed by atoms with Gasteiger partial charge in [0, 0.05) is 48.7 Å². The number of nitrogens with two attached hydrogens (primary N) is 1. The van der Waals surface area contributed by atoms with Crippen molar-refractivity contribution in [3.05, 3.63) is 84.3 Å². The van der Waals surface area contributed by atoms with Gasteiger partial charge in [0.1, 0.15) is 5.75 Å². The van der Waals surface area contributed by atoms with Crippen LogP contribution in [0.2, 0.25) is 0 Å². The van der Waals surface area contributed by atoms with Crippen LogP contribution in [0.4, 0.5) is 15.3 Å². The molecule has 1 saturated carbocycles. The normalized spacial score (nSPS) is 12.8. The lowest BCUT2D eigenvalue weighted by molar-refractivity contribution is 0.236. The van der Waals surface area contributed by atoms with Gasteiger partial charge in [-0.3, -0.25) is 0 Å². The summed E-state index contributed by atoms with van der Waals surface area (Å²) in [5.74, 6) is 1.11. The van der Waals surface area contributed by atoms with E-state index in [9.17, 15) is 14.7 Å². The zero-order chi connectivity index (χ0) is 29.2. The summed E-state index contributed by atoms with van der Waals surface area (Å²) in [4.78, 5) is 23.2. The van der Waals surface area contributed by atoms with E-state index in [1.165, 1.54) is 23.5 Å². The van der Waals surface area contributed by atoms with E-state index in [2.05, 4.69) is 34.7 Å². The molecular weight excluding hydrogens is 518 g/mol. The first-order chi connectivity index (χ1) is 19.9. The molecule has 10 heteroatoms. The number of aromatic hydroxyl groups is 1. The van der Waals surface area contributed by atoms with Crippen LogP contribution in [0.1, 0.15) is 63.1 Å². The number of amides is 2. The highest BCUT2D eigenvalue weighted by molar-refractivity contribution is 5.79. The van der Waals surface area contributed by atoms with Gasteiger partial charge in [0.05, 0.1) is 11.4 Å². The SMILES string of the molecule is CCC(CC)CNc1ccc(-c2cc(C3CCC3)n(C(=O)NCc3ccccc3)n2)c(O)c1.NC(=O)n1cccn1. The smallest absolute Gasteiger partial charge is 0.342 e. The number of anilines is 1. The van der Waals surface area contributed by atoms with Crippen molar-refractivity contribution in [1.29, 1.82) is 0 Å². The van der Waals surface area contributed by atoms with Crippen LogP contribution in [0.15, 0.2) is 73.1 Å². The Labute approximate surface area is 240 Å². The molecule has 4 aromatic rings. The van der Waals surface area contributed by atoms with Gasteiger partial charge in [-0.2, -0.15) is 19.6 Å². The minimum absolute atomic E-state index is 0.166. The Bertz CT molecular complexity index is 1410. The van der Waals surface area contributed by atoms with Gasteiger partial charge in [-0.1, -0.05) is 63.4 Å². The van der Waals surface area contributed by atoms with Gasteiger partial charge in [-0.05, 0) is 48.6 Å². The van der Waals surface area contributed by atoms with Crippen LogP contribution in [-0.4, -0.2) is 43.3 Å². The van der Waals surface area contributed by atoms with Gasteiger partial charge in [0.2, 0.25) is 0 Å². The molecule has 2 aromatic heterocycles. The fraction of sp³-hybridized carbons (Fsp3) is 0.355. The van der Waals surface area contributed by atoms with E-state index in [-0.39, 0.29) is 11.8 Å². The number of primary amides is 1. The van der Waals surface area contributed by atoms with E-state index in [0.717, 1.165) is 53.9 Å². The first-order valence-corrected chi connectivity index (χ1v) is 14.2. The lowest BCUT2D eigenvalue weighted by Crippen LogP contribution is -2.31. The van der Waals surface area contributed by atoms with Crippen molar-refractivity contribution in [3.63, 3.8) is 0 Å². The van der Waals surface area contributed by atoms with Crippen molar-refractivity contribution in [2.24, 2.45) is 11.7 Å². The van der Waals surface area contributed by atoms with E-state index in [4.69, 9.17) is 5.73 Å². The topological polar surface area (TPSA) is 140 Å². The summed E-state index contributed by atoms with van der Waals surface area (Å²) in [5, 5.41) is 25.3. The molecule has 2 heterocycles. The van der Waals surface area contributed by atoms with Crippen molar-refractivity contribution < 1.29 is 14.7 Å². The molecular formula is C31H39N7O3. The zero-order valence-electron chi connectivity index (χ0n) is 23.7. The summed E-state index contributed by atoms with van der Waals surface area (Å²) < 4.78 is 2.54. The second-order valence-corrected chi connectivity index (χ2v) is 10.2. The summed E-state index contributed by atoms with van der Waals surface area (Å²) in [6.07, 6.45) is 8.51. The van der Waals surface area contributed by atoms with Crippen LogP contribution in [0.3, 0.4) is 0 Å². The molecule has 1 fully saturated rings. The largest absolute Gasteiger partial charge is 0.507 e. The molecule has 0 unspecified atom stereocenters. The molecule has 0 aliphatic heterocycles. The summed E-state index contributed by atoms with van der Waals surface area (Å²) in [7, 11) is 0. The van der Waals surface area contributed by atoms with Crippen molar-refractivity contribution >= 4 is 17.7 Å². The number of hydrogen-bond acceptors (Lipinski definition) is 6. The Morgan fingerprint density at radius 3 is 2.39 bits per heavy atom. The lowest BCUT2D eigenvalue weighted by Gasteiger charge is -2.25. The molecule has 1 aliphatic rings. The third-order valence-corrected chi connectivity index (χ3v) is 7.49. The van der Waals surface area contributed by atoms with Gasteiger partial charge in [-0.15, -0.1) is 0 Å². The quantitative estimate of drug-likeness (QED) is 0.201. The summed E-state index contributed by atoms with van der Waals surface area (Å²) in [5.41, 5.74) is 8.92. The van der Waals surface area contributed by atoms with Gasteiger partial charge in [-0.25, -0.2) is 9.59 Å². The molecule has 0 atom stereocenters. The van der Waals surface area contributed by atoms with E-state index < -0.39 is 6.03 Å². The average molecular weight is 558 g/mol. The predicted octanol–water partition coefficient (Wildman–Crippen LogP) is 5.94. The molecule has 10 nitrogen and oxygen atoms in total. The second kappa shape index (κ2) is 14.2. The monoisotopic (exact) mass is 557 g/mol. The first kappa shape index (κ1) is 29.4. The number of carbonyl (C=O) groups excluding carboxylic acids is 2. The van der Waals surface area contributed by atoms with Crippen LogP contribution >= 0.6 is 0 Å². The summed E-state index contributed by atoms with van der Waals surface area (Å²) in [6.45, 7) is 5.72. The van der Waals surface area contributed by atoms with Crippen molar-refractivity contribution in [1.82, 2.24) is 24.9 Å². The minimum atomic E-state index is -0.560. The highest BCUT2D eigenvalue weighted by Crippen LogP contribution is 2.39. The molecule has 0 radical (unpaired) electrons. The number of nitrogens with one attached hydrogen (secondary N) is 2. The number of phenolic OH excluding ortho intramolecular Hbond substituents is 1. The number of aromatic nitrogens is 4. The molecule has 0 saturated heterocycles. The van der Waals surface area contributed by atoms with Gasteiger partial charge < -0.3 is 21.5 Å². The van der Waals surface area contributed by atoms with Crippen molar-refractivity contribution in [3.8, 4) is 17.0 Å². The van der Waals surface area contributed by atoms with E-state index in [1.807, 2.05) is 48.5 Å². The van der Waals surface area contributed by atoms with Crippen molar-refractivity contribution in [2.45, 2.75) is 58.4 Å². The van der Waals surface area contributed by atoms with Crippen molar-refractivity contribution in [2.75, 3.05) is 11.9 Å². The molecule has 5 N–H and O–H groups in total. The Balaban J connectivity index is 0.000000417. The lowest BCUT2D eigenvalue weighted by atomic mass is 9.82. The number of phenols is 1. The maximum absolute atomic E-state index is 13.0. The second-order valence-electron chi connectivity index (χ2n) is 10.2. The van der Waals surface area contributed by atoms with Crippen LogP contribution in [0, 0.1) is 5.92 Å². The van der Waals surface area contributed by atoms with Gasteiger partial charge in [0.25, 0.3) is 0 Å². The molecule has 0 bridgehead atoms. The Morgan fingerprint density at radius 2 is 1.83 bits per heavy atom. The zero-order valence-corrected chi connectivity index (χ0v) is 23.7. The van der Waals surface area contributed by atoms with Gasteiger partial charge >= 0.3 is 12.1 Å². The molecule has 41 heavy (non-hydrogen) atoms. The summed E-state index contributed by atoms with van der Waals surface area (Å²) in [6, 6.07) is 18.2. The number of rotatable bonds is 9. The maximum Gasteiger partial charge on any atom is 0.342 e. The highest BCUT2D eigenvalue weighted by Gasteiger charge is 2.27. The maximum atomic E-state index is 13.0. The Kier molecular flexibility index (Phi) is 10.1. The predicted molar refractivity (Wildman–Crippen MR) is 160 cm³/mol. The van der Waals surface area contributed by atoms with Crippen LogP contribution < -0.4 is 16.4 Å². The number of hydrogen-bond donors (Lipinski definition) is 4. The standard InChI is InChI=1S/C27H34N4O2.C4H5N3O/c1-3-19(4-2)17-28-22-13-14-23(26(32)15-22)24-16-25(21-11-8-12-21)31(30-24)27(33)29-18-20-9-6-5-7-10-20;5-4(8)7-3-1-2-6-7/h5-7,9-10,13-16,19,21,28,32H,3-4,8,11-12,17-18H2,1-2H3,(H,29,33);1-3H,(H2,5,8). The average Bonchev–Trinajstić information content (AvgIpc) is 3.64. The van der Waals surface area contributed by atoms with Crippen LogP contribution in [0.5, 0.6) is 5.75 Å². The van der Waals surface area contributed by atoms with E-state index >= 15 is 0 Å². The Morgan fingerprint density at radius 1 is 1.07 bits per heavy atom. The highest BCUT2D eigenvalue weighted by atomic mass is 16.3. The van der Waals surface area contributed by atoms with Gasteiger partial charge in [0.15, 0.2) is 0 Å². The number of benzene rings is 2. The molecule has 2 aromatic carbocycles. The molecule has 1 aliphatic carbocycles. The molecule has 0 spiro atoms. The van der Waals surface area contributed by atoms with Crippen LogP contribution in [0.25, 0.3) is 11.3 Å². The fourth-order valence-corrected chi connectivity index (χ4v) is 4.63. The third kappa shape index (κ3) is 7.75. The minimum Gasteiger partial charge on any atom is -0.507 e. The molecule has 216 valence electrons. The molecule has 5 rings (SSSR count). The first-order valence-electron chi connectivity index (χ1n) is 14.2. The van der Waals surface area contributed by atoms with E-state index in [0.29, 0.717) is 29.6 Å². The third-order valence-electron chi connectivity index (χ3n) is 7.49. The Hall–Kier alpha value is -4.60. The fourth-order valence-electron chi connectivity index (χ4n) is 4.63. The number of nitrogens with zero attached hydrogens (tertiary/aromatic N) is 4. The summed E-state index contributed by atoms with van der Waals surface area (Å²) >= 11 is 0. The molecule has 2 amide bonds.